The molecule has 3 aromatic rings. The van der Waals surface area contributed by atoms with E-state index >= 15 is 0 Å². The molecule has 1 unspecified atom stereocenters. The summed E-state index contributed by atoms with van der Waals surface area (Å²) >= 11 is 1.62. The third-order valence-corrected chi connectivity index (χ3v) is 5.34. The fourth-order valence-corrected chi connectivity index (χ4v) is 3.82. The van der Waals surface area contributed by atoms with Gasteiger partial charge in [0.15, 0.2) is 0 Å². The molecule has 0 fully saturated rings. The van der Waals surface area contributed by atoms with Crippen molar-refractivity contribution in [3.63, 3.8) is 0 Å². The molecule has 0 spiro atoms. The SMILES string of the molecule is CC(NC(=O)c1ccc2c(c1)NC(=O)CCS2)c1nc2ccccc2[nH]1. The molecule has 0 aliphatic carbocycles. The number of carbonyl (C=O) groups excluding carboxylic acids is 2. The number of benzene rings is 2. The van der Waals surface area contributed by atoms with Crippen molar-refractivity contribution in [3.8, 4) is 0 Å². The number of imidazole rings is 1. The maximum atomic E-state index is 12.6. The number of rotatable bonds is 3. The molecule has 1 aromatic heterocycles. The van der Waals surface area contributed by atoms with Gasteiger partial charge < -0.3 is 15.6 Å². The van der Waals surface area contributed by atoms with Crippen LogP contribution in [0.1, 0.15) is 35.6 Å². The van der Waals surface area contributed by atoms with E-state index in [9.17, 15) is 9.59 Å². The summed E-state index contributed by atoms with van der Waals surface area (Å²) in [4.78, 5) is 33.1. The Bertz CT molecular complexity index is 965. The third-order valence-electron chi connectivity index (χ3n) is 4.27. The highest BCUT2D eigenvalue weighted by Gasteiger charge is 2.18. The van der Waals surface area contributed by atoms with Gasteiger partial charge in [0.2, 0.25) is 5.91 Å². The van der Waals surface area contributed by atoms with Crippen LogP contribution in [0.3, 0.4) is 0 Å². The summed E-state index contributed by atoms with van der Waals surface area (Å²) in [5.41, 5.74) is 3.01. The number of nitrogens with zero attached hydrogens (tertiary/aromatic N) is 1. The van der Waals surface area contributed by atoms with E-state index in [1.165, 1.54) is 0 Å². The lowest BCUT2D eigenvalue weighted by molar-refractivity contribution is -0.115. The summed E-state index contributed by atoms with van der Waals surface area (Å²) < 4.78 is 0. The smallest absolute Gasteiger partial charge is 0.251 e. The first-order chi connectivity index (χ1) is 12.6. The normalized spacial score (nSPS) is 15.0. The summed E-state index contributed by atoms with van der Waals surface area (Å²) in [6.45, 7) is 1.89. The molecule has 26 heavy (non-hydrogen) atoms. The monoisotopic (exact) mass is 366 g/mol. The quantitative estimate of drug-likeness (QED) is 0.662. The number of H-pyrrole nitrogens is 1. The van der Waals surface area contributed by atoms with Crippen LogP contribution in [0.4, 0.5) is 5.69 Å². The van der Waals surface area contributed by atoms with Crippen LogP contribution in [-0.2, 0) is 4.79 Å². The summed E-state index contributed by atoms with van der Waals surface area (Å²) in [5, 5.41) is 5.82. The molecule has 7 heteroatoms. The predicted molar refractivity (Wildman–Crippen MR) is 102 cm³/mol. The predicted octanol–water partition coefficient (Wildman–Crippen LogP) is 3.49. The topological polar surface area (TPSA) is 86.9 Å². The van der Waals surface area contributed by atoms with E-state index in [0.29, 0.717) is 23.5 Å². The van der Waals surface area contributed by atoms with Crippen molar-refractivity contribution < 1.29 is 9.59 Å². The minimum absolute atomic E-state index is 0.0237. The lowest BCUT2D eigenvalue weighted by Gasteiger charge is -2.13. The van der Waals surface area contributed by atoms with Crippen LogP contribution in [-0.4, -0.2) is 27.5 Å². The molecule has 2 amide bonds. The molecule has 3 N–H and O–H groups in total. The van der Waals surface area contributed by atoms with Gasteiger partial charge >= 0.3 is 0 Å². The second-order valence-corrected chi connectivity index (χ2v) is 7.33. The lowest BCUT2D eigenvalue weighted by Crippen LogP contribution is -2.27. The van der Waals surface area contributed by atoms with Crippen LogP contribution in [0.2, 0.25) is 0 Å². The standard InChI is InChI=1S/C19H18N4O2S/c1-11(18-22-13-4-2-3-5-14(13)23-18)20-19(25)12-6-7-16-15(10-12)21-17(24)8-9-26-16/h2-7,10-11H,8-9H2,1H3,(H,20,25)(H,21,24)(H,22,23). The Morgan fingerprint density at radius 3 is 2.96 bits per heavy atom. The van der Waals surface area contributed by atoms with Gasteiger partial charge in [0, 0.05) is 22.6 Å². The third kappa shape index (κ3) is 3.30. The number of carbonyl (C=O) groups is 2. The Balaban J connectivity index is 1.53. The Morgan fingerprint density at radius 1 is 1.27 bits per heavy atom. The Morgan fingerprint density at radius 2 is 2.12 bits per heavy atom. The molecule has 1 atom stereocenters. The fraction of sp³-hybridized carbons (Fsp3) is 0.211. The number of hydrogen-bond donors (Lipinski definition) is 3. The van der Waals surface area contributed by atoms with E-state index in [-0.39, 0.29) is 17.9 Å². The molecule has 0 bridgehead atoms. The zero-order valence-corrected chi connectivity index (χ0v) is 15.0. The van der Waals surface area contributed by atoms with Gasteiger partial charge in [-0.15, -0.1) is 11.8 Å². The molecule has 2 aromatic carbocycles. The number of nitrogens with one attached hydrogen (secondary N) is 3. The number of aromatic nitrogens is 2. The van der Waals surface area contributed by atoms with E-state index in [0.717, 1.165) is 21.7 Å². The molecular weight excluding hydrogens is 348 g/mol. The van der Waals surface area contributed by atoms with Crippen molar-refractivity contribution >= 4 is 40.3 Å². The molecule has 132 valence electrons. The maximum Gasteiger partial charge on any atom is 0.251 e. The van der Waals surface area contributed by atoms with Crippen molar-refractivity contribution in [1.82, 2.24) is 15.3 Å². The van der Waals surface area contributed by atoms with Crippen molar-refractivity contribution in [2.45, 2.75) is 24.3 Å². The number of amides is 2. The molecule has 2 heterocycles. The second-order valence-electron chi connectivity index (χ2n) is 6.19. The van der Waals surface area contributed by atoms with Gasteiger partial charge in [-0.2, -0.15) is 0 Å². The van der Waals surface area contributed by atoms with Crippen molar-refractivity contribution in [3.05, 3.63) is 53.9 Å². The van der Waals surface area contributed by atoms with Gasteiger partial charge in [-0.1, -0.05) is 12.1 Å². The number of hydrogen-bond acceptors (Lipinski definition) is 4. The number of fused-ring (bicyclic) bond motifs is 2. The van der Waals surface area contributed by atoms with Gasteiger partial charge in [-0.3, -0.25) is 9.59 Å². The van der Waals surface area contributed by atoms with E-state index in [1.54, 1.807) is 23.9 Å². The number of aromatic amines is 1. The first-order valence-electron chi connectivity index (χ1n) is 8.42. The second kappa shape index (κ2) is 6.84. The molecule has 4 rings (SSSR count). The van der Waals surface area contributed by atoms with Crippen LogP contribution in [0.25, 0.3) is 11.0 Å². The molecule has 1 aliphatic heterocycles. The van der Waals surface area contributed by atoms with E-state index in [4.69, 9.17) is 0 Å². The fourth-order valence-electron chi connectivity index (χ4n) is 2.89. The van der Waals surface area contributed by atoms with E-state index < -0.39 is 0 Å². The van der Waals surface area contributed by atoms with Crippen LogP contribution in [0.5, 0.6) is 0 Å². The van der Waals surface area contributed by atoms with Gasteiger partial charge in [-0.05, 0) is 37.3 Å². The van der Waals surface area contributed by atoms with Crippen LogP contribution < -0.4 is 10.6 Å². The number of thioether (sulfide) groups is 1. The molecular formula is C19H18N4O2S. The largest absolute Gasteiger partial charge is 0.342 e. The Hall–Kier alpha value is -2.80. The maximum absolute atomic E-state index is 12.6. The van der Waals surface area contributed by atoms with Crippen molar-refractivity contribution in [2.75, 3.05) is 11.1 Å². The van der Waals surface area contributed by atoms with Gasteiger partial charge in [0.1, 0.15) is 5.82 Å². The highest BCUT2D eigenvalue weighted by molar-refractivity contribution is 7.99. The van der Waals surface area contributed by atoms with Crippen LogP contribution >= 0.6 is 11.8 Å². The summed E-state index contributed by atoms with van der Waals surface area (Å²) in [6, 6.07) is 12.9. The number of anilines is 1. The zero-order valence-electron chi connectivity index (χ0n) is 14.2. The minimum atomic E-state index is -0.266. The van der Waals surface area contributed by atoms with E-state index in [1.807, 2.05) is 37.3 Å². The molecule has 6 nitrogen and oxygen atoms in total. The molecule has 0 radical (unpaired) electrons. The summed E-state index contributed by atoms with van der Waals surface area (Å²) in [6.07, 6.45) is 0.476. The van der Waals surface area contributed by atoms with Crippen LogP contribution in [0.15, 0.2) is 47.4 Å². The summed E-state index contributed by atoms with van der Waals surface area (Å²) in [7, 11) is 0. The minimum Gasteiger partial charge on any atom is -0.342 e. The summed E-state index contributed by atoms with van der Waals surface area (Å²) in [5.74, 6) is 1.22. The van der Waals surface area contributed by atoms with Gasteiger partial charge in [0.25, 0.3) is 5.91 Å². The number of para-hydroxylation sites is 2. The van der Waals surface area contributed by atoms with Crippen LogP contribution in [0, 0.1) is 0 Å². The highest BCUT2D eigenvalue weighted by atomic mass is 32.2. The zero-order chi connectivity index (χ0) is 18.1. The first kappa shape index (κ1) is 16.7. The molecule has 1 aliphatic rings. The highest BCUT2D eigenvalue weighted by Crippen LogP contribution is 2.31. The average Bonchev–Trinajstić information content (AvgIpc) is 2.98. The molecule has 0 saturated heterocycles. The van der Waals surface area contributed by atoms with Gasteiger partial charge in [0.05, 0.1) is 22.8 Å². The van der Waals surface area contributed by atoms with Crippen molar-refractivity contribution in [2.24, 2.45) is 0 Å². The average molecular weight is 366 g/mol. The van der Waals surface area contributed by atoms with Crippen molar-refractivity contribution in [1.29, 1.82) is 0 Å². The Kier molecular flexibility index (Phi) is 4.38. The lowest BCUT2D eigenvalue weighted by atomic mass is 10.1. The van der Waals surface area contributed by atoms with Gasteiger partial charge in [-0.25, -0.2) is 4.98 Å². The molecule has 0 saturated carbocycles. The van der Waals surface area contributed by atoms with E-state index in [2.05, 4.69) is 20.6 Å². The Labute approximate surface area is 154 Å². The first-order valence-corrected chi connectivity index (χ1v) is 9.41.